The maximum absolute atomic E-state index is 12.1. The normalized spacial score (nSPS) is 15.9. The van der Waals surface area contributed by atoms with E-state index in [1.807, 2.05) is 0 Å². The molecule has 18 heavy (non-hydrogen) atoms. The minimum atomic E-state index is -0.728. The lowest BCUT2D eigenvalue weighted by molar-refractivity contribution is -0.120. The Hall–Kier alpha value is -2.27. The van der Waals surface area contributed by atoms with E-state index in [9.17, 15) is 9.59 Å². The molecule has 0 aromatic heterocycles. The van der Waals surface area contributed by atoms with E-state index in [0.717, 1.165) is 0 Å². The molecule has 1 heterocycles. The van der Waals surface area contributed by atoms with Crippen LogP contribution in [-0.4, -0.2) is 35.8 Å². The number of aliphatic imine (C=N–C) groups is 1. The molecule has 1 aromatic rings. The summed E-state index contributed by atoms with van der Waals surface area (Å²) in [6.07, 6.45) is 1.60. The van der Waals surface area contributed by atoms with Crippen molar-refractivity contribution >= 4 is 23.2 Å². The molecule has 0 saturated heterocycles. The van der Waals surface area contributed by atoms with E-state index in [1.165, 1.54) is 4.90 Å². The zero-order valence-corrected chi connectivity index (χ0v) is 9.67. The van der Waals surface area contributed by atoms with Gasteiger partial charge in [0, 0.05) is 12.1 Å². The zero-order valence-electron chi connectivity index (χ0n) is 9.67. The highest BCUT2D eigenvalue weighted by Gasteiger charge is 2.33. The molecule has 0 bridgehead atoms. The number of amides is 2. The van der Waals surface area contributed by atoms with Gasteiger partial charge in [-0.15, -0.1) is 6.58 Å². The zero-order chi connectivity index (χ0) is 13.1. The molecule has 0 aliphatic carbocycles. The van der Waals surface area contributed by atoms with E-state index >= 15 is 0 Å². The van der Waals surface area contributed by atoms with E-state index in [-0.39, 0.29) is 11.6 Å². The Bertz CT molecular complexity index is 549. The highest BCUT2D eigenvalue weighted by molar-refractivity contribution is 6.55. The van der Waals surface area contributed by atoms with Crippen LogP contribution in [0.4, 0.5) is 5.69 Å². The molecule has 92 valence electrons. The molecule has 0 fully saturated rings. The van der Waals surface area contributed by atoms with Gasteiger partial charge in [0.1, 0.15) is 12.3 Å². The van der Waals surface area contributed by atoms with Crippen LogP contribution in [0.3, 0.4) is 0 Å². The van der Waals surface area contributed by atoms with E-state index in [4.69, 9.17) is 5.11 Å². The van der Waals surface area contributed by atoms with Gasteiger partial charge in [-0.1, -0.05) is 24.3 Å². The number of anilines is 1. The van der Waals surface area contributed by atoms with Crippen LogP contribution in [0.15, 0.2) is 41.9 Å². The largest absolute Gasteiger partial charge is 0.386 e. The maximum atomic E-state index is 12.1. The SMILES string of the molecule is C=CCN1C(=O)C(=NC(=O)CO)c2ccccc21. The number of hydrogen-bond acceptors (Lipinski definition) is 3. The van der Waals surface area contributed by atoms with Crippen molar-refractivity contribution in [3.63, 3.8) is 0 Å². The van der Waals surface area contributed by atoms with Gasteiger partial charge in [0.25, 0.3) is 11.8 Å². The van der Waals surface area contributed by atoms with Crippen LogP contribution in [0, 0.1) is 0 Å². The molecule has 1 aliphatic rings. The van der Waals surface area contributed by atoms with Crippen molar-refractivity contribution in [1.82, 2.24) is 0 Å². The van der Waals surface area contributed by atoms with Gasteiger partial charge in [0.05, 0.1) is 5.69 Å². The molecule has 5 nitrogen and oxygen atoms in total. The minimum absolute atomic E-state index is 0.0755. The van der Waals surface area contributed by atoms with Gasteiger partial charge in [-0.05, 0) is 6.07 Å². The van der Waals surface area contributed by atoms with Crippen LogP contribution < -0.4 is 4.90 Å². The van der Waals surface area contributed by atoms with Crippen LogP contribution in [0.25, 0.3) is 0 Å². The lowest BCUT2D eigenvalue weighted by atomic mass is 10.1. The van der Waals surface area contributed by atoms with Crippen molar-refractivity contribution in [3.05, 3.63) is 42.5 Å². The monoisotopic (exact) mass is 244 g/mol. The summed E-state index contributed by atoms with van der Waals surface area (Å²) in [4.78, 5) is 28.4. The molecule has 0 atom stereocenters. The molecule has 1 aliphatic heterocycles. The third kappa shape index (κ3) is 1.96. The van der Waals surface area contributed by atoms with Gasteiger partial charge in [0.2, 0.25) is 0 Å². The summed E-state index contributed by atoms with van der Waals surface area (Å²) in [6, 6.07) is 7.07. The van der Waals surface area contributed by atoms with Gasteiger partial charge in [-0.3, -0.25) is 9.59 Å². The standard InChI is InChI=1S/C13H12N2O3/c1-2-7-15-10-6-4-3-5-9(10)12(13(15)18)14-11(17)8-16/h2-6,16H,1,7-8H2. The first-order valence-corrected chi connectivity index (χ1v) is 5.43. The highest BCUT2D eigenvalue weighted by Crippen LogP contribution is 2.28. The lowest BCUT2D eigenvalue weighted by Crippen LogP contribution is -2.30. The number of aliphatic hydroxyl groups is 1. The fraction of sp³-hybridized carbons (Fsp3) is 0.154. The number of fused-ring (bicyclic) bond motifs is 1. The van der Waals surface area contributed by atoms with Crippen molar-refractivity contribution in [1.29, 1.82) is 0 Å². The number of para-hydroxylation sites is 1. The van der Waals surface area contributed by atoms with Crippen LogP contribution in [0.2, 0.25) is 0 Å². The Morgan fingerprint density at radius 2 is 2.17 bits per heavy atom. The molecule has 0 radical (unpaired) electrons. The van der Waals surface area contributed by atoms with E-state index < -0.39 is 12.5 Å². The van der Waals surface area contributed by atoms with Crippen molar-refractivity contribution in [2.45, 2.75) is 0 Å². The first-order valence-electron chi connectivity index (χ1n) is 5.43. The number of benzene rings is 1. The van der Waals surface area contributed by atoms with Crippen molar-refractivity contribution in [2.24, 2.45) is 4.99 Å². The molecule has 1 aromatic carbocycles. The van der Waals surface area contributed by atoms with Crippen LogP contribution in [0.5, 0.6) is 0 Å². The summed E-state index contributed by atoms with van der Waals surface area (Å²) in [7, 11) is 0. The number of carbonyl (C=O) groups excluding carboxylic acids is 2. The molecule has 5 heteroatoms. The van der Waals surface area contributed by atoms with Crippen LogP contribution in [-0.2, 0) is 9.59 Å². The van der Waals surface area contributed by atoms with E-state index in [2.05, 4.69) is 11.6 Å². The fourth-order valence-electron chi connectivity index (χ4n) is 1.84. The lowest BCUT2D eigenvalue weighted by Gasteiger charge is -2.13. The number of aliphatic hydroxyl groups excluding tert-OH is 1. The molecule has 0 saturated carbocycles. The van der Waals surface area contributed by atoms with Crippen molar-refractivity contribution < 1.29 is 14.7 Å². The Morgan fingerprint density at radius 3 is 2.83 bits per heavy atom. The Kier molecular flexibility index (Phi) is 3.34. The van der Waals surface area contributed by atoms with Gasteiger partial charge in [-0.2, -0.15) is 0 Å². The van der Waals surface area contributed by atoms with Crippen molar-refractivity contribution in [3.8, 4) is 0 Å². The number of hydrogen-bond donors (Lipinski definition) is 1. The molecule has 0 unspecified atom stereocenters. The number of nitrogens with zero attached hydrogens (tertiary/aromatic N) is 2. The van der Waals surface area contributed by atoms with Gasteiger partial charge < -0.3 is 10.0 Å². The molecule has 0 spiro atoms. The molecule has 2 amide bonds. The summed E-state index contributed by atoms with van der Waals surface area (Å²) < 4.78 is 0. The maximum Gasteiger partial charge on any atom is 0.278 e. The van der Waals surface area contributed by atoms with Crippen LogP contribution in [0.1, 0.15) is 5.56 Å². The summed E-state index contributed by atoms with van der Waals surface area (Å²) >= 11 is 0. The second-order valence-corrected chi connectivity index (χ2v) is 3.73. The Labute approximate surface area is 104 Å². The Balaban J connectivity index is 2.51. The third-order valence-corrected chi connectivity index (χ3v) is 2.58. The fourth-order valence-corrected chi connectivity index (χ4v) is 1.84. The van der Waals surface area contributed by atoms with E-state index in [1.54, 1.807) is 30.3 Å². The summed E-state index contributed by atoms with van der Waals surface area (Å²) in [6.45, 7) is 3.23. The summed E-state index contributed by atoms with van der Waals surface area (Å²) in [5.41, 5.74) is 1.38. The van der Waals surface area contributed by atoms with E-state index in [0.29, 0.717) is 17.8 Å². The Morgan fingerprint density at radius 1 is 1.44 bits per heavy atom. The third-order valence-electron chi connectivity index (χ3n) is 2.58. The average Bonchev–Trinajstić information content (AvgIpc) is 2.65. The highest BCUT2D eigenvalue weighted by atomic mass is 16.3. The van der Waals surface area contributed by atoms with Gasteiger partial charge >= 0.3 is 0 Å². The van der Waals surface area contributed by atoms with Crippen LogP contribution >= 0.6 is 0 Å². The number of rotatable bonds is 3. The summed E-state index contributed by atoms with van der Waals surface area (Å²) in [5.74, 6) is -1.08. The van der Waals surface area contributed by atoms with Gasteiger partial charge in [0.15, 0.2) is 0 Å². The average molecular weight is 244 g/mol. The van der Waals surface area contributed by atoms with Crippen molar-refractivity contribution in [2.75, 3.05) is 18.1 Å². The molecular formula is C13H12N2O3. The topological polar surface area (TPSA) is 70.0 Å². The predicted molar refractivity (Wildman–Crippen MR) is 67.6 cm³/mol. The first kappa shape index (κ1) is 12.2. The first-order chi connectivity index (χ1) is 8.69. The molecule has 1 N–H and O–H groups in total. The number of carbonyl (C=O) groups is 2. The second-order valence-electron chi connectivity index (χ2n) is 3.73. The quantitative estimate of drug-likeness (QED) is 0.788. The predicted octanol–water partition coefficient (Wildman–Crippen LogP) is 0.527. The molecule has 2 rings (SSSR count). The minimum Gasteiger partial charge on any atom is -0.386 e. The van der Waals surface area contributed by atoms with Gasteiger partial charge in [-0.25, -0.2) is 4.99 Å². The molecular weight excluding hydrogens is 232 g/mol. The smallest absolute Gasteiger partial charge is 0.278 e. The second kappa shape index (κ2) is 4.93. The summed E-state index contributed by atoms with van der Waals surface area (Å²) in [5, 5.41) is 8.70.